The lowest BCUT2D eigenvalue weighted by atomic mass is 9.74. The van der Waals surface area contributed by atoms with Gasteiger partial charge in [-0.15, -0.1) is 0 Å². The fraction of sp³-hybridized carbons (Fsp3) is 0.480. The summed E-state index contributed by atoms with van der Waals surface area (Å²) < 4.78 is 19.3. The number of rotatable bonds is 5. The number of likely N-dealkylation sites (N-methyl/N-ethyl adjacent to an activating group) is 1. The normalized spacial score (nSPS) is 21.9. The fourth-order valence-electron chi connectivity index (χ4n) is 4.79. The monoisotopic (exact) mass is 410 g/mol. The summed E-state index contributed by atoms with van der Waals surface area (Å²) in [7, 11) is 2.11. The smallest absolute Gasteiger partial charge is 0.226 e. The van der Waals surface area contributed by atoms with Crippen molar-refractivity contribution in [1.29, 1.82) is 0 Å². The number of piperidine rings is 1. The molecule has 160 valence electrons. The van der Waals surface area contributed by atoms with Gasteiger partial charge in [-0.25, -0.2) is 4.39 Å². The second-order valence-electron chi connectivity index (χ2n) is 8.86. The summed E-state index contributed by atoms with van der Waals surface area (Å²) in [4.78, 5) is 15.7. The van der Waals surface area contributed by atoms with Gasteiger partial charge in [-0.3, -0.25) is 4.79 Å². The van der Waals surface area contributed by atoms with E-state index in [-0.39, 0.29) is 17.8 Å². The van der Waals surface area contributed by atoms with E-state index in [1.807, 2.05) is 18.2 Å². The van der Waals surface area contributed by atoms with Crippen LogP contribution in [0.15, 0.2) is 48.5 Å². The minimum atomic E-state index is -0.450. The summed E-state index contributed by atoms with van der Waals surface area (Å²) in [6.45, 7) is 3.23. The van der Waals surface area contributed by atoms with Crippen LogP contribution in [0.2, 0.25) is 0 Å². The van der Waals surface area contributed by atoms with Crippen LogP contribution in [0.4, 0.5) is 4.39 Å². The zero-order valence-electron chi connectivity index (χ0n) is 17.7. The van der Waals surface area contributed by atoms with Crippen molar-refractivity contribution in [3.05, 3.63) is 59.9 Å². The zero-order valence-corrected chi connectivity index (χ0v) is 17.7. The molecule has 2 aliphatic rings. The van der Waals surface area contributed by atoms with Gasteiger partial charge in [0.25, 0.3) is 0 Å². The number of carbonyl (C=O) groups is 1. The number of carbonyl (C=O) groups excluding carboxylic acids is 1. The van der Waals surface area contributed by atoms with Crippen LogP contribution in [-0.4, -0.2) is 50.2 Å². The number of halogens is 1. The van der Waals surface area contributed by atoms with Gasteiger partial charge in [0.2, 0.25) is 5.91 Å². The quantitative estimate of drug-likeness (QED) is 0.809. The van der Waals surface area contributed by atoms with E-state index in [9.17, 15) is 9.18 Å². The Morgan fingerprint density at radius 1 is 1.17 bits per heavy atom. The molecule has 0 radical (unpaired) electrons. The molecule has 0 spiro atoms. The highest BCUT2D eigenvalue weighted by Gasteiger charge is 2.41. The highest BCUT2D eigenvalue weighted by Crippen LogP contribution is 2.36. The summed E-state index contributed by atoms with van der Waals surface area (Å²) in [6, 6.07) is 15.0. The van der Waals surface area contributed by atoms with Crippen molar-refractivity contribution in [3.63, 3.8) is 0 Å². The molecule has 1 unspecified atom stereocenters. The molecule has 1 amide bonds. The first-order valence-corrected chi connectivity index (χ1v) is 11.0. The Hall–Kier alpha value is -2.24. The van der Waals surface area contributed by atoms with E-state index < -0.39 is 5.41 Å². The van der Waals surface area contributed by atoms with Crippen molar-refractivity contribution in [2.24, 2.45) is 5.41 Å². The fourth-order valence-corrected chi connectivity index (χ4v) is 4.79. The van der Waals surface area contributed by atoms with Gasteiger partial charge in [-0.05, 0) is 74.5 Å². The van der Waals surface area contributed by atoms with Gasteiger partial charge in [0.05, 0.1) is 5.41 Å². The van der Waals surface area contributed by atoms with Gasteiger partial charge in [0, 0.05) is 25.8 Å². The van der Waals surface area contributed by atoms with Crippen molar-refractivity contribution in [2.75, 3.05) is 33.4 Å². The molecule has 0 bridgehead atoms. The number of nitrogens with one attached hydrogen (secondary N) is 1. The standard InChI is InChI=1S/C25H31FN2O2/c1-28-12-4-9-23(18-28)27-24(29)25(10-13-30-14-11-25)17-19-5-2-6-20(15-19)21-7-3-8-22(26)16-21/h2-3,5-8,15-16,23H,4,9-14,17-18H2,1H3,(H,27,29). The van der Waals surface area contributed by atoms with E-state index in [0.717, 1.165) is 55.5 Å². The SMILES string of the molecule is CN1CCCC(NC(=O)C2(Cc3cccc(-c4cccc(F)c4)c3)CCOCC2)C1. The van der Waals surface area contributed by atoms with Gasteiger partial charge in [-0.1, -0.05) is 36.4 Å². The van der Waals surface area contributed by atoms with Crippen molar-refractivity contribution in [2.45, 2.75) is 38.1 Å². The van der Waals surface area contributed by atoms with E-state index in [4.69, 9.17) is 4.74 Å². The van der Waals surface area contributed by atoms with Crippen LogP contribution >= 0.6 is 0 Å². The van der Waals surface area contributed by atoms with Crippen molar-refractivity contribution in [1.82, 2.24) is 10.2 Å². The number of amides is 1. The van der Waals surface area contributed by atoms with Crippen LogP contribution in [0.25, 0.3) is 11.1 Å². The number of ether oxygens (including phenoxy) is 1. The molecule has 4 rings (SSSR count). The van der Waals surface area contributed by atoms with Gasteiger partial charge < -0.3 is 15.0 Å². The molecule has 2 heterocycles. The predicted octanol–water partition coefficient (Wildman–Crippen LogP) is 4.04. The predicted molar refractivity (Wildman–Crippen MR) is 117 cm³/mol. The Balaban J connectivity index is 1.54. The summed E-state index contributed by atoms with van der Waals surface area (Å²) in [6.07, 6.45) is 4.29. The molecular formula is C25H31FN2O2. The summed E-state index contributed by atoms with van der Waals surface area (Å²) in [5.41, 5.74) is 2.49. The molecule has 2 fully saturated rings. The minimum Gasteiger partial charge on any atom is -0.381 e. The lowest BCUT2D eigenvalue weighted by Gasteiger charge is -2.39. The first-order valence-electron chi connectivity index (χ1n) is 11.0. The molecule has 1 atom stereocenters. The highest BCUT2D eigenvalue weighted by molar-refractivity contribution is 5.83. The zero-order chi connectivity index (χ0) is 21.0. The number of likely N-dealkylation sites (tertiary alicyclic amines) is 1. The third-order valence-corrected chi connectivity index (χ3v) is 6.52. The maximum atomic E-state index is 13.7. The average Bonchev–Trinajstić information content (AvgIpc) is 2.75. The topological polar surface area (TPSA) is 41.6 Å². The molecule has 2 aliphatic heterocycles. The third-order valence-electron chi connectivity index (χ3n) is 6.52. The molecule has 5 heteroatoms. The Morgan fingerprint density at radius 2 is 1.90 bits per heavy atom. The number of nitrogens with zero attached hydrogens (tertiary/aromatic N) is 1. The van der Waals surface area contributed by atoms with Crippen LogP contribution in [0.5, 0.6) is 0 Å². The molecule has 4 nitrogen and oxygen atoms in total. The van der Waals surface area contributed by atoms with Crippen molar-refractivity contribution >= 4 is 5.91 Å². The van der Waals surface area contributed by atoms with E-state index in [1.165, 1.54) is 6.07 Å². The maximum absolute atomic E-state index is 13.7. The molecule has 0 aromatic heterocycles. The van der Waals surface area contributed by atoms with E-state index in [2.05, 4.69) is 29.4 Å². The Labute approximate surface area is 178 Å². The first kappa shape index (κ1) is 21.0. The lowest BCUT2D eigenvalue weighted by Crippen LogP contribution is -2.53. The number of hydrogen-bond acceptors (Lipinski definition) is 3. The van der Waals surface area contributed by atoms with Crippen LogP contribution in [0, 0.1) is 11.2 Å². The maximum Gasteiger partial charge on any atom is 0.226 e. The van der Waals surface area contributed by atoms with Crippen LogP contribution < -0.4 is 5.32 Å². The Bertz CT molecular complexity index is 879. The largest absolute Gasteiger partial charge is 0.381 e. The van der Waals surface area contributed by atoms with E-state index in [1.54, 1.807) is 12.1 Å². The number of benzene rings is 2. The third kappa shape index (κ3) is 4.90. The van der Waals surface area contributed by atoms with E-state index >= 15 is 0 Å². The highest BCUT2D eigenvalue weighted by atomic mass is 19.1. The second-order valence-corrected chi connectivity index (χ2v) is 8.86. The molecule has 2 aromatic rings. The van der Waals surface area contributed by atoms with Crippen LogP contribution in [0.1, 0.15) is 31.2 Å². The van der Waals surface area contributed by atoms with Crippen LogP contribution in [-0.2, 0) is 16.0 Å². The molecule has 1 N–H and O–H groups in total. The Kier molecular flexibility index (Phi) is 6.49. The van der Waals surface area contributed by atoms with Gasteiger partial charge in [0.1, 0.15) is 5.82 Å². The lowest BCUT2D eigenvalue weighted by molar-refractivity contribution is -0.137. The van der Waals surface area contributed by atoms with Crippen molar-refractivity contribution < 1.29 is 13.9 Å². The molecular weight excluding hydrogens is 379 g/mol. The average molecular weight is 411 g/mol. The first-order chi connectivity index (χ1) is 14.5. The molecule has 2 saturated heterocycles. The Morgan fingerprint density at radius 3 is 2.63 bits per heavy atom. The molecule has 2 aromatic carbocycles. The molecule has 0 aliphatic carbocycles. The van der Waals surface area contributed by atoms with Crippen LogP contribution in [0.3, 0.4) is 0 Å². The minimum absolute atomic E-state index is 0.155. The summed E-state index contributed by atoms with van der Waals surface area (Å²) >= 11 is 0. The van der Waals surface area contributed by atoms with Gasteiger partial charge in [0.15, 0.2) is 0 Å². The van der Waals surface area contributed by atoms with E-state index in [0.29, 0.717) is 19.6 Å². The molecule has 0 saturated carbocycles. The number of hydrogen-bond donors (Lipinski definition) is 1. The van der Waals surface area contributed by atoms with Gasteiger partial charge >= 0.3 is 0 Å². The molecule has 30 heavy (non-hydrogen) atoms. The second kappa shape index (κ2) is 9.27. The summed E-state index contributed by atoms with van der Waals surface area (Å²) in [5.74, 6) is -0.0853. The summed E-state index contributed by atoms with van der Waals surface area (Å²) in [5, 5.41) is 3.35. The van der Waals surface area contributed by atoms with Gasteiger partial charge in [-0.2, -0.15) is 0 Å². The van der Waals surface area contributed by atoms with Crippen molar-refractivity contribution in [3.8, 4) is 11.1 Å².